The predicted octanol–water partition coefficient (Wildman–Crippen LogP) is 7.82. The first kappa shape index (κ1) is 36.1. The Kier molecular flexibility index (Phi) is 11.1. The van der Waals surface area contributed by atoms with Crippen LogP contribution < -0.4 is 14.4 Å². The summed E-state index contributed by atoms with van der Waals surface area (Å²) in [6.07, 6.45) is 0.620. The zero-order valence-corrected chi connectivity index (χ0v) is 28.8. The standard InChI is InChI=1S/C34H38F3N5O5S2/c1-3-19-33(2,31(43)44)21-42-20-9-5-4-6-12-23-13-7-8-14-24(23)29-30(25-15-10-17-27(38-25)47-22-34(35,36)37)48-32(40-29)41-49(45,46)28-18-11-16-26(42)39-28/h7-8,10-11,13-18H,3-6,9,12,19-22H2,1-2H3,(H,40,41)(H,43,44)/t33-/m1/s1. The molecule has 4 heterocycles. The van der Waals surface area contributed by atoms with Crippen LogP contribution in [0.25, 0.3) is 21.8 Å². The fourth-order valence-electron chi connectivity index (χ4n) is 5.84. The zero-order valence-electron chi connectivity index (χ0n) is 27.2. The van der Waals surface area contributed by atoms with Crippen LogP contribution in [-0.2, 0) is 21.2 Å². The molecular weight excluding hydrogens is 680 g/mol. The molecule has 10 nitrogen and oxygen atoms in total. The minimum Gasteiger partial charge on any atom is -0.481 e. The number of carboxylic acid groups (broad SMARTS) is 1. The molecule has 0 amide bonds. The van der Waals surface area contributed by atoms with Crippen LogP contribution in [0, 0.1) is 5.41 Å². The van der Waals surface area contributed by atoms with Crippen molar-refractivity contribution in [2.75, 3.05) is 29.3 Å². The number of carboxylic acids is 1. The number of pyridine rings is 2. The molecule has 0 radical (unpaired) electrons. The van der Waals surface area contributed by atoms with Gasteiger partial charge in [0, 0.05) is 24.7 Å². The first-order valence-corrected chi connectivity index (χ1v) is 18.3. The third-order valence-corrected chi connectivity index (χ3v) is 10.6. The number of thiazole rings is 1. The lowest BCUT2D eigenvalue weighted by atomic mass is 9.85. The van der Waals surface area contributed by atoms with Crippen molar-refractivity contribution in [1.82, 2.24) is 15.0 Å². The number of anilines is 2. The molecule has 262 valence electrons. The van der Waals surface area contributed by atoms with E-state index >= 15 is 0 Å². The van der Waals surface area contributed by atoms with Crippen molar-refractivity contribution in [2.24, 2.45) is 5.41 Å². The van der Waals surface area contributed by atoms with Crippen LogP contribution in [0.5, 0.6) is 5.88 Å². The van der Waals surface area contributed by atoms with Gasteiger partial charge in [-0.3, -0.25) is 9.52 Å². The molecule has 1 aliphatic rings. The van der Waals surface area contributed by atoms with Gasteiger partial charge in [-0.25, -0.2) is 15.0 Å². The minimum atomic E-state index is -4.55. The van der Waals surface area contributed by atoms with Gasteiger partial charge in [0.1, 0.15) is 5.82 Å². The van der Waals surface area contributed by atoms with E-state index in [0.29, 0.717) is 42.2 Å². The lowest BCUT2D eigenvalue weighted by molar-refractivity contribution is -0.154. The maximum Gasteiger partial charge on any atom is 0.422 e. The lowest BCUT2D eigenvalue weighted by Crippen LogP contribution is -2.42. The number of aromatic nitrogens is 3. The topological polar surface area (TPSA) is 135 Å². The number of rotatable bonds is 8. The number of alkyl halides is 3. The highest BCUT2D eigenvalue weighted by molar-refractivity contribution is 7.92. The summed E-state index contributed by atoms with van der Waals surface area (Å²) in [5.74, 6) is -0.810. The molecule has 0 saturated carbocycles. The summed E-state index contributed by atoms with van der Waals surface area (Å²) in [5, 5.41) is 9.84. The third kappa shape index (κ3) is 9.06. The van der Waals surface area contributed by atoms with Gasteiger partial charge in [0.25, 0.3) is 10.0 Å². The number of halogens is 3. The Hall–Kier alpha value is -4.24. The fraction of sp³-hybridized carbons (Fsp3) is 0.412. The van der Waals surface area contributed by atoms with E-state index < -0.39 is 34.2 Å². The van der Waals surface area contributed by atoms with Gasteiger partial charge >= 0.3 is 12.1 Å². The summed E-state index contributed by atoms with van der Waals surface area (Å²) in [6, 6.07) is 16.7. The molecule has 4 aromatic rings. The van der Waals surface area contributed by atoms with Crippen molar-refractivity contribution < 1.29 is 36.2 Å². The highest BCUT2D eigenvalue weighted by Gasteiger charge is 2.35. The summed E-state index contributed by atoms with van der Waals surface area (Å²) in [6.45, 7) is 2.78. The summed E-state index contributed by atoms with van der Waals surface area (Å²) >= 11 is 0.991. The smallest absolute Gasteiger partial charge is 0.422 e. The van der Waals surface area contributed by atoms with Gasteiger partial charge in [-0.1, -0.05) is 73.9 Å². The quantitative estimate of drug-likeness (QED) is 0.187. The average molecular weight is 718 g/mol. The van der Waals surface area contributed by atoms with E-state index in [-0.39, 0.29) is 28.3 Å². The molecule has 1 aliphatic heterocycles. The van der Waals surface area contributed by atoms with Crippen molar-refractivity contribution in [3.8, 4) is 27.7 Å². The molecule has 15 heteroatoms. The van der Waals surface area contributed by atoms with Gasteiger partial charge in [0.15, 0.2) is 16.8 Å². The van der Waals surface area contributed by atoms with E-state index in [1.54, 1.807) is 25.1 Å². The number of benzene rings is 1. The van der Waals surface area contributed by atoms with Crippen LogP contribution in [0.2, 0.25) is 0 Å². The molecule has 4 bridgehead atoms. The fourth-order valence-corrected chi connectivity index (χ4v) is 7.98. The normalized spacial score (nSPS) is 16.5. The van der Waals surface area contributed by atoms with E-state index in [1.807, 2.05) is 36.1 Å². The number of aliphatic carboxylic acids is 1. The van der Waals surface area contributed by atoms with Gasteiger partial charge in [0.2, 0.25) is 5.88 Å². The number of hydrogen-bond acceptors (Lipinski definition) is 9. The first-order valence-electron chi connectivity index (χ1n) is 16.0. The lowest BCUT2D eigenvalue weighted by Gasteiger charge is -2.33. The van der Waals surface area contributed by atoms with Crippen molar-refractivity contribution in [1.29, 1.82) is 0 Å². The van der Waals surface area contributed by atoms with Gasteiger partial charge < -0.3 is 14.7 Å². The molecule has 1 aromatic carbocycles. The Morgan fingerprint density at radius 2 is 1.76 bits per heavy atom. The summed E-state index contributed by atoms with van der Waals surface area (Å²) < 4.78 is 73.6. The number of carbonyl (C=O) groups is 1. The second-order valence-corrected chi connectivity index (χ2v) is 14.9. The molecule has 1 atom stereocenters. The van der Waals surface area contributed by atoms with Crippen LogP contribution in [0.1, 0.15) is 57.9 Å². The average Bonchev–Trinajstić information content (AvgIpc) is 3.47. The van der Waals surface area contributed by atoms with Crippen molar-refractivity contribution in [2.45, 2.75) is 70.0 Å². The Balaban J connectivity index is 1.58. The minimum absolute atomic E-state index is 0.0120. The monoisotopic (exact) mass is 717 g/mol. The van der Waals surface area contributed by atoms with E-state index in [0.717, 1.165) is 48.1 Å². The van der Waals surface area contributed by atoms with Crippen LogP contribution in [0.3, 0.4) is 0 Å². The van der Waals surface area contributed by atoms with Gasteiger partial charge in [-0.05, 0) is 56.4 Å². The SMILES string of the molecule is CCC[C@](C)(CN1CCCCCCc2ccccc2-c2nc(sc2-c2cccc(OCC(F)(F)F)n2)NS(=O)(=O)c2cccc1n2)C(=O)O. The number of aryl methyl sites for hydroxylation is 1. The maximum absolute atomic E-state index is 13.8. The second kappa shape index (κ2) is 15.1. The number of nitrogens with one attached hydrogen (secondary N) is 1. The van der Waals surface area contributed by atoms with Gasteiger partial charge in [-0.15, -0.1) is 0 Å². The molecule has 0 spiro atoms. The highest BCUT2D eigenvalue weighted by Crippen LogP contribution is 2.41. The largest absolute Gasteiger partial charge is 0.481 e. The Labute approximate surface area is 287 Å². The van der Waals surface area contributed by atoms with Crippen LogP contribution in [0.4, 0.5) is 24.1 Å². The van der Waals surface area contributed by atoms with E-state index in [1.165, 1.54) is 18.2 Å². The second-order valence-electron chi connectivity index (χ2n) is 12.3. The third-order valence-electron chi connectivity index (χ3n) is 8.25. The Bertz CT molecular complexity index is 1890. The number of fused-ring (bicyclic) bond motifs is 6. The number of nitrogens with zero attached hydrogens (tertiary/aromatic N) is 4. The zero-order chi connectivity index (χ0) is 35.2. The molecule has 0 saturated heterocycles. The number of hydrogen-bond donors (Lipinski definition) is 2. The Morgan fingerprint density at radius 3 is 2.51 bits per heavy atom. The summed E-state index contributed by atoms with van der Waals surface area (Å²) in [7, 11) is -4.29. The van der Waals surface area contributed by atoms with Crippen molar-refractivity contribution in [3.05, 3.63) is 66.2 Å². The summed E-state index contributed by atoms with van der Waals surface area (Å²) in [5.41, 5.74) is 1.36. The van der Waals surface area contributed by atoms with Crippen molar-refractivity contribution in [3.63, 3.8) is 0 Å². The molecule has 49 heavy (non-hydrogen) atoms. The maximum atomic E-state index is 13.8. The first-order chi connectivity index (χ1) is 23.3. The molecule has 3 aromatic heterocycles. The van der Waals surface area contributed by atoms with Crippen LogP contribution in [0.15, 0.2) is 65.7 Å². The predicted molar refractivity (Wildman–Crippen MR) is 182 cm³/mol. The molecular formula is C34H38F3N5O5S2. The summed E-state index contributed by atoms with van der Waals surface area (Å²) in [4.78, 5) is 28.1. The molecule has 2 N–H and O–H groups in total. The van der Waals surface area contributed by atoms with Crippen molar-refractivity contribution >= 4 is 38.3 Å². The van der Waals surface area contributed by atoms with Crippen LogP contribution >= 0.6 is 11.3 Å². The van der Waals surface area contributed by atoms with E-state index in [9.17, 15) is 31.5 Å². The number of ether oxygens (including phenoxy) is 1. The van der Waals surface area contributed by atoms with Crippen LogP contribution in [-0.4, -0.2) is 60.3 Å². The van der Waals surface area contributed by atoms with Gasteiger partial charge in [0.05, 0.1) is 21.7 Å². The molecule has 5 rings (SSSR count). The molecule has 0 aliphatic carbocycles. The van der Waals surface area contributed by atoms with Gasteiger partial charge in [-0.2, -0.15) is 21.6 Å². The molecule has 0 unspecified atom stereocenters. The Morgan fingerprint density at radius 1 is 1.00 bits per heavy atom. The number of sulfonamides is 1. The van der Waals surface area contributed by atoms with E-state index in [4.69, 9.17) is 9.72 Å². The molecule has 0 fully saturated rings. The van der Waals surface area contributed by atoms with E-state index in [2.05, 4.69) is 14.7 Å². The highest BCUT2D eigenvalue weighted by atomic mass is 32.2.